The summed E-state index contributed by atoms with van der Waals surface area (Å²) in [6, 6.07) is 14.3. The lowest BCUT2D eigenvalue weighted by Crippen LogP contribution is -2.26. The van der Waals surface area contributed by atoms with Crippen LogP contribution in [-0.2, 0) is 17.9 Å². The largest absolute Gasteiger partial charge is 0.495 e. The van der Waals surface area contributed by atoms with Crippen LogP contribution in [0.15, 0.2) is 70.9 Å². The number of methoxy groups -OCH3 is 1. The van der Waals surface area contributed by atoms with Crippen molar-refractivity contribution in [2.45, 2.75) is 18.2 Å². The Balaban J connectivity index is 1.56. The normalized spacial score (nSPS) is 10.9. The van der Waals surface area contributed by atoms with Crippen LogP contribution < -0.4 is 15.6 Å². The predicted molar refractivity (Wildman–Crippen MR) is 126 cm³/mol. The number of fused-ring (bicyclic) bond motifs is 1. The fourth-order valence-corrected chi connectivity index (χ4v) is 4.16. The summed E-state index contributed by atoms with van der Waals surface area (Å²) in [6.45, 7) is 0.777. The van der Waals surface area contributed by atoms with E-state index in [9.17, 15) is 9.59 Å². The predicted octanol–water partition coefficient (Wildman–Crippen LogP) is 3.69. The molecule has 0 saturated carbocycles. The maximum Gasteiger partial charge on any atom is 0.262 e. The first kappa shape index (κ1) is 21.9. The number of para-hydroxylation sites is 3. The van der Waals surface area contributed by atoms with Crippen LogP contribution in [0.5, 0.6) is 5.75 Å². The number of carbonyl (C=O) groups excluding carboxylic acids is 1. The van der Waals surface area contributed by atoms with Gasteiger partial charge in [0, 0.05) is 12.7 Å². The summed E-state index contributed by atoms with van der Waals surface area (Å²) in [5, 5.41) is 8.50. The number of ether oxygens (including phenoxy) is 1. The summed E-state index contributed by atoms with van der Waals surface area (Å²) >= 11 is 7.13. The average molecular weight is 470 g/mol. The first-order valence-corrected chi connectivity index (χ1v) is 11.1. The maximum atomic E-state index is 13.1. The summed E-state index contributed by atoms with van der Waals surface area (Å²) in [5.74, 6) is 0.424. The topological polar surface area (TPSA) is 91.0 Å². The highest BCUT2D eigenvalue weighted by Crippen LogP contribution is 2.24. The molecule has 0 aliphatic heterocycles. The van der Waals surface area contributed by atoms with Crippen LogP contribution in [0, 0.1) is 0 Å². The second-order valence-electron chi connectivity index (χ2n) is 6.83. The van der Waals surface area contributed by atoms with Gasteiger partial charge in [0.1, 0.15) is 5.75 Å². The quantitative estimate of drug-likeness (QED) is 0.312. The first-order valence-electron chi connectivity index (χ1n) is 9.78. The van der Waals surface area contributed by atoms with Gasteiger partial charge >= 0.3 is 0 Å². The molecule has 0 radical (unpaired) electrons. The molecule has 0 atom stereocenters. The van der Waals surface area contributed by atoms with Crippen molar-refractivity contribution in [3.05, 3.63) is 76.3 Å². The molecule has 32 heavy (non-hydrogen) atoms. The van der Waals surface area contributed by atoms with Gasteiger partial charge in [-0.05, 0) is 24.3 Å². The number of thioether (sulfide) groups is 1. The fourth-order valence-electron chi connectivity index (χ4n) is 3.18. The Morgan fingerprint density at radius 1 is 1.16 bits per heavy atom. The van der Waals surface area contributed by atoms with Crippen molar-refractivity contribution in [2.24, 2.45) is 0 Å². The molecule has 0 bridgehead atoms. The second-order valence-corrected chi connectivity index (χ2v) is 8.21. The Morgan fingerprint density at radius 3 is 2.72 bits per heavy atom. The van der Waals surface area contributed by atoms with Crippen molar-refractivity contribution < 1.29 is 9.53 Å². The number of anilines is 1. The molecule has 0 spiro atoms. The Labute approximate surface area is 193 Å². The Bertz CT molecular complexity index is 1320. The summed E-state index contributed by atoms with van der Waals surface area (Å²) in [5.41, 5.74) is 1.00. The van der Waals surface area contributed by atoms with Crippen LogP contribution in [0.1, 0.15) is 0 Å². The lowest BCUT2D eigenvalue weighted by atomic mass is 10.2. The Morgan fingerprint density at radius 2 is 1.94 bits per heavy atom. The number of rotatable bonds is 8. The minimum absolute atomic E-state index is 0.0798. The zero-order valence-corrected chi connectivity index (χ0v) is 18.8. The van der Waals surface area contributed by atoms with Crippen LogP contribution in [0.3, 0.4) is 0 Å². The number of nitrogens with one attached hydrogen (secondary N) is 1. The number of carbonyl (C=O) groups is 1. The SMILES string of the molecule is COc1ccccc1NC(=O)CSc1nc2ccccc2c(=O)n1CCn1cc(Cl)cn1. The Hall–Kier alpha value is -3.30. The van der Waals surface area contributed by atoms with E-state index in [0.717, 1.165) is 0 Å². The van der Waals surface area contributed by atoms with Crippen LogP contribution in [0.2, 0.25) is 5.02 Å². The van der Waals surface area contributed by atoms with Gasteiger partial charge in [0.15, 0.2) is 5.16 Å². The summed E-state index contributed by atoms with van der Waals surface area (Å²) < 4.78 is 8.50. The number of amides is 1. The minimum atomic E-state index is -0.229. The fraction of sp³-hybridized carbons (Fsp3) is 0.182. The molecule has 0 aliphatic rings. The number of hydrogen-bond acceptors (Lipinski definition) is 6. The van der Waals surface area contributed by atoms with E-state index >= 15 is 0 Å². The van der Waals surface area contributed by atoms with Gasteiger partial charge in [0.2, 0.25) is 5.91 Å². The second kappa shape index (κ2) is 9.88. The van der Waals surface area contributed by atoms with Gasteiger partial charge in [0.05, 0.1) is 47.2 Å². The molecule has 1 N–H and O–H groups in total. The third-order valence-electron chi connectivity index (χ3n) is 4.69. The third kappa shape index (κ3) is 4.95. The van der Waals surface area contributed by atoms with Crippen LogP contribution in [-0.4, -0.2) is 38.1 Å². The molecule has 0 aliphatic carbocycles. The van der Waals surface area contributed by atoms with E-state index in [0.29, 0.717) is 45.6 Å². The number of halogens is 1. The van der Waals surface area contributed by atoms with Crippen LogP contribution >= 0.6 is 23.4 Å². The lowest BCUT2D eigenvalue weighted by Gasteiger charge is -2.14. The Kier molecular flexibility index (Phi) is 6.77. The molecule has 8 nitrogen and oxygen atoms in total. The first-order chi connectivity index (χ1) is 15.5. The van der Waals surface area contributed by atoms with E-state index in [4.69, 9.17) is 16.3 Å². The van der Waals surface area contributed by atoms with E-state index in [1.54, 1.807) is 59.1 Å². The third-order valence-corrected chi connectivity index (χ3v) is 5.87. The number of benzene rings is 2. The molecule has 2 heterocycles. The average Bonchev–Trinajstić information content (AvgIpc) is 3.22. The molecule has 0 unspecified atom stereocenters. The summed E-state index contributed by atoms with van der Waals surface area (Å²) in [7, 11) is 1.55. The van der Waals surface area contributed by atoms with Gasteiger partial charge in [-0.3, -0.25) is 18.8 Å². The van der Waals surface area contributed by atoms with E-state index in [1.807, 2.05) is 18.2 Å². The van der Waals surface area contributed by atoms with Crippen molar-refractivity contribution in [3.63, 3.8) is 0 Å². The highest BCUT2D eigenvalue weighted by atomic mass is 35.5. The smallest absolute Gasteiger partial charge is 0.262 e. The van der Waals surface area contributed by atoms with Gasteiger partial charge in [-0.2, -0.15) is 5.10 Å². The molecular weight excluding hydrogens is 450 g/mol. The highest BCUT2D eigenvalue weighted by molar-refractivity contribution is 7.99. The zero-order chi connectivity index (χ0) is 22.5. The van der Waals surface area contributed by atoms with Crippen molar-refractivity contribution in [1.29, 1.82) is 0 Å². The van der Waals surface area contributed by atoms with E-state index in [1.165, 1.54) is 11.8 Å². The highest BCUT2D eigenvalue weighted by Gasteiger charge is 2.14. The standard InChI is InChI=1S/C22H20ClN5O3S/c1-31-19-9-5-4-8-18(19)25-20(29)14-32-22-26-17-7-3-2-6-16(17)21(30)28(22)11-10-27-13-15(23)12-24-27/h2-9,12-13H,10-11,14H2,1H3,(H,25,29). The molecular formula is C22H20ClN5O3S. The van der Waals surface area contributed by atoms with Gasteiger partial charge in [-0.25, -0.2) is 4.98 Å². The van der Waals surface area contributed by atoms with Gasteiger partial charge in [-0.15, -0.1) is 0 Å². The number of hydrogen-bond donors (Lipinski definition) is 1. The van der Waals surface area contributed by atoms with Crippen LogP contribution in [0.4, 0.5) is 5.69 Å². The van der Waals surface area contributed by atoms with Gasteiger partial charge < -0.3 is 10.1 Å². The van der Waals surface area contributed by atoms with Crippen molar-refractivity contribution >= 4 is 45.9 Å². The van der Waals surface area contributed by atoms with Crippen LogP contribution in [0.25, 0.3) is 10.9 Å². The van der Waals surface area contributed by atoms with Crippen molar-refractivity contribution in [2.75, 3.05) is 18.2 Å². The van der Waals surface area contributed by atoms with Gasteiger partial charge in [0.25, 0.3) is 5.56 Å². The summed E-state index contributed by atoms with van der Waals surface area (Å²) in [6.07, 6.45) is 3.23. The molecule has 0 saturated heterocycles. The number of aryl methyl sites for hydroxylation is 1. The molecule has 0 fully saturated rings. The van der Waals surface area contributed by atoms with E-state index < -0.39 is 0 Å². The molecule has 10 heteroatoms. The van der Waals surface area contributed by atoms with E-state index in [-0.39, 0.29) is 17.2 Å². The number of aromatic nitrogens is 4. The molecule has 1 amide bonds. The molecule has 164 valence electrons. The molecule has 4 aromatic rings. The summed E-state index contributed by atoms with van der Waals surface area (Å²) in [4.78, 5) is 30.3. The van der Waals surface area contributed by atoms with E-state index in [2.05, 4.69) is 15.4 Å². The zero-order valence-electron chi connectivity index (χ0n) is 17.2. The number of nitrogens with zero attached hydrogens (tertiary/aromatic N) is 4. The lowest BCUT2D eigenvalue weighted by molar-refractivity contribution is -0.113. The van der Waals surface area contributed by atoms with Crippen molar-refractivity contribution in [3.8, 4) is 5.75 Å². The molecule has 4 rings (SSSR count). The molecule has 2 aromatic heterocycles. The van der Waals surface area contributed by atoms with Crippen molar-refractivity contribution in [1.82, 2.24) is 19.3 Å². The maximum absolute atomic E-state index is 13.1. The van der Waals surface area contributed by atoms with Gasteiger partial charge in [-0.1, -0.05) is 47.6 Å². The monoisotopic (exact) mass is 469 g/mol. The minimum Gasteiger partial charge on any atom is -0.495 e. The molecule has 2 aromatic carbocycles.